The second kappa shape index (κ2) is 9.23. The minimum atomic E-state index is -4.14. The van der Waals surface area contributed by atoms with Gasteiger partial charge in [-0.2, -0.15) is 0 Å². The van der Waals surface area contributed by atoms with Crippen molar-refractivity contribution in [1.82, 2.24) is 0 Å². The molecule has 0 saturated heterocycles. The molecule has 0 radical (unpaired) electrons. The van der Waals surface area contributed by atoms with Gasteiger partial charge in [-0.3, -0.25) is 9.52 Å². The Labute approximate surface area is 183 Å². The zero-order valence-corrected chi connectivity index (χ0v) is 18.1. The highest BCUT2D eigenvalue weighted by atomic mass is 35.5. The van der Waals surface area contributed by atoms with Gasteiger partial charge in [0.2, 0.25) is 0 Å². The average Bonchev–Trinajstić information content (AvgIpc) is 2.75. The first-order chi connectivity index (χ1) is 14.7. The molecule has 10 heteroatoms. The van der Waals surface area contributed by atoms with Crippen LogP contribution in [-0.4, -0.2) is 28.5 Å². The normalized spacial score (nSPS) is 11.0. The highest BCUT2D eigenvalue weighted by Crippen LogP contribution is 2.31. The number of amides is 1. The lowest BCUT2D eigenvalue weighted by molar-refractivity contribution is 0.102. The van der Waals surface area contributed by atoms with Gasteiger partial charge in [0.15, 0.2) is 0 Å². The van der Waals surface area contributed by atoms with E-state index in [0.29, 0.717) is 5.75 Å². The number of ether oxygens (including phenoxy) is 2. The Morgan fingerprint density at radius 3 is 2.32 bits per heavy atom. The molecule has 0 bridgehead atoms. The van der Waals surface area contributed by atoms with E-state index in [0.717, 1.165) is 12.1 Å². The summed E-state index contributed by atoms with van der Waals surface area (Å²) in [5, 5.41) is 2.58. The van der Waals surface area contributed by atoms with E-state index in [1.807, 2.05) is 0 Å². The second-order valence-electron chi connectivity index (χ2n) is 6.25. The molecule has 3 aromatic rings. The summed E-state index contributed by atoms with van der Waals surface area (Å²) in [5.74, 6) is -0.845. The molecule has 0 unspecified atom stereocenters. The lowest BCUT2D eigenvalue weighted by Crippen LogP contribution is -2.16. The highest BCUT2D eigenvalue weighted by molar-refractivity contribution is 7.92. The van der Waals surface area contributed by atoms with Gasteiger partial charge in [-0.05, 0) is 42.5 Å². The van der Waals surface area contributed by atoms with Crippen LogP contribution in [0.4, 0.5) is 15.8 Å². The van der Waals surface area contributed by atoms with Crippen molar-refractivity contribution in [3.8, 4) is 11.5 Å². The monoisotopic (exact) mass is 464 g/mol. The Morgan fingerprint density at radius 2 is 1.68 bits per heavy atom. The first-order valence-corrected chi connectivity index (χ1v) is 10.7. The molecule has 3 rings (SSSR count). The highest BCUT2D eigenvalue weighted by Gasteiger charge is 2.20. The molecule has 31 heavy (non-hydrogen) atoms. The maximum atomic E-state index is 14.6. The number of anilines is 2. The standard InChI is InChI=1S/C21H18ClFN2O5S/c1-29-13-7-9-19(20(11-13)30-2)25-31(27,28)14-8-10-18(17(23)12-14)24-21(26)15-5-3-4-6-16(15)22/h3-12,25H,1-2H3,(H,24,26). The molecule has 0 aromatic heterocycles. The number of sulfonamides is 1. The van der Waals surface area contributed by atoms with E-state index >= 15 is 0 Å². The Kier molecular flexibility index (Phi) is 6.67. The van der Waals surface area contributed by atoms with Crippen LogP contribution < -0.4 is 19.5 Å². The van der Waals surface area contributed by atoms with Crippen LogP contribution in [0.15, 0.2) is 65.6 Å². The zero-order chi connectivity index (χ0) is 22.6. The van der Waals surface area contributed by atoms with Gasteiger partial charge in [-0.1, -0.05) is 23.7 Å². The molecule has 0 aliphatic rings. The van der Waals surface area contributed by atoms with E-state index in [1.54, 1.807) is 18.2 Å². The lowest BCUT2D eigenvalue weighted by Gasteiger charge is -2.14. The molecule has 0 aliphatic heterocycles. The SMILES string of the molecule is COc1ccc(NS(=O)(=O)c2ccc(NC(=O)c3ccccc3Cl)c(F)c2)c(OC)c1. The molecule has 0 fully saturated rings. The molecule has 0 heterocycles. The van der Waals surface area contributed by atoms with Crippen molar-refractivity contribution in [2.45, 2.75) is 4.90 Å². The smallest absolute Gasteiger partial charge is 0.262 e. The third-order valence-corrected chi connectivity index (χ3v) is 5.96. The summed E-state index contributed by atoms with van der Waals surface area (Å²) < 4.78 is 52.6. The van der Waals surface area contributed by atoms with Crippen molar-refractivity contribution in [3.63, 3.8) is 0 Å². The minimum Gasteiger partial charge on any atom is -0.497 e. The van der Waals surface area contributed by atoms with Crippen LogP contribution >= 0.6 is 11.6 Å². The van der Waals surface area contributed by atoms with Crippen LogP contribution in [0.5, 0.6) is 11.5 Å². The lowest BCUT2D eigenvalue weighted by atomic mass is 10.2. The van der Waals surface area contributed by atoms with Gasteiger partial charge in [0.25, 0.3) is 15.9 Å². The number of halogens is 2. The number of carbonyl (C=O) groups is 1. The van der Waals surface area contributed by atoms with Gasteiger partial charge in [0.1, 0.15) is 17.3 Å². The molecule has 2 N–H and O–H groups in total. The third-order valence-electron chi connectivity index (χ3n) is 4.27. The summed E-state index contributed by atoms with van der Waals surface area (Å²) in [5.41, 5.74) is 0.124. The van der Waals surface area contributed by atoms with Gasteiger partial charge >= 0.3 is 0 Å². The Bertz CT molecular complexity index is 1230. The summed E-state index contributed by atoms with van der Waals surface area (Å²) in [6.07, 6.45) is 0. The van der Waals surface area contributed by atoms with Crippen LogP contribution in [0.2, 0.25) is 5.02 Å². The van der Waals surface area contributed by atoms with Gasteiger partial charge in [-0.25, -0.2) is 12.8 Å². The summed E-state index contributed by atoms with van der Waals surface area (Å²) in [6.45, 7) is 0. The topological polar surface area (TPSA) is 93.7 Å². The van der Waals surface area contributed by atoms with E-state index < -0.39 is 21.7 Å². The number of carbonyl (C=O) groups excluding carboxylic acids is 1. The van der Waals surface area contributed by atoms with Crippen molar-refractivity contribution in [2.75, 3.05) is 24.3 Å². The number of methoxy groups -OCH3 is 2. The van der Waals surface area contributed by atoms with Crippen molar-refractivity contribution < 1.29 is 27.1 Å². The fraction of sp³-hybridized carbons (Fsp3) is 0.0952. The fourth-order valence-corrected chi connectivity index (χ4v) is 3.99. The Morgan fingerprint density at radius 1 is 0.968 bits per heavy atom. The zero-order valence-electron chi connectivity index (χ0n) is 16.5. The van der Waals surface area contributed by atoms with Gasteiger partial charge in [-0.15, -0.1) is 0 Å². The largest absolute Gasteiger partial charge is 0.497 e. The molecule has 1 amide bonds. The van der Waals surface area contributed by atoms with Gasteiger partial charge < -0.3 is 14.8 Å². The fourth-order valence-electron chi connectivity index (χ4n) is 2.69. The summed E-state index contributed by atoms with van der Waals surface area (Å²) in [7, 11) is -1.29. The molecule has 3 aromatic carbocycles. The molecular weight excluding hydrogens is 447 g/mol. The number of hydrogen-bond donors (Lipinski definition) is 2. The number of nitrogens with one attached hydrogen (secondary N) is 2. The van der Waals surface area contributed by atoms with Crippen LogP contribution in [0.3, 0.4) is 0 Å². The maximum Gasteiger partial charge on any atom is 0.262 e. The van der Waals surface area contributed by atoms with Crippen molar-refractivity contribution in [2.24, 2.45) is 0 Å². The van der Waals surface area contributed by atoms with E-state index in [-0.39, 0.29) is 32.6 Å². The summed E-state index contributed by atoms with van der Waals surface area (Å²) in [4.78, 5) is 12.0. The minimum absolute atomic E-state index is 0.153. The summed E-state index contributed by atoms with van der Waals surface area (Å²) in [6, 6.07) is 13.9. The molecular formula is C21H18ClFN2O5S. The van der Waals surface area contributed by atoms with E-state index in [2.05, 4.69) is 10.0 Å². The van der Waals surface area contributed by atoms with Crippen LogP contribution in [0.25, 0.3) is 0 Å². The number of hydrogen-bond acceptors (Lipinski definition) is 5. The van der Waals surface area contributed by atoms with E-state index in [1.165, 1.54) is 44.6 Å². The first kappa shape index (κ1) is 22.4. The van der Waals surface area contributed by atoms with Crippen molar-refractivity contribution >= 4 is 38.9 Å². The summed E-state index contributed by atoms with van der Waals surface area (Å²) >= 11 is 5.97. The molecule has 0 aliphatic carbocycles. The quantitative estimate of drug-likeness (QED) is 0.535. The molecule has 0 spiro atoms. The number of benzene rings is 3. The van der Waals surface area contributed by atoms with E-state index in [4.69, 9.17) is 21.1 Å². The van der Waals surface area contributed by atoms with E-state index in [9.17, 15) is 17.6 Å². The third kappa shape index (κ3) is 5.07. The average molecular weight is 465 g/mol. The Balaban J connectivity index is 1.83. The van der Waals surface area contributed by atoms with Crippen molar-refractivity contribution in [3.05, 3.63) is 77.1 Å². The predicted molar refractivity (Wildman–Crippen MR) is 116 cm³/mol. The number of rotatable bonds is 7. The second-order valence-corrected chi connectivity index (χ2v) is 8.34. The van der Waals surface area contributed by atoms with Crippen LogP contribution in [0.1, 0.15) is 10.4 Å². The maximum absolute atomic E-state index is 14.6. The Hall–Kier alpha value is -3.30. The molecule has 7 nitrogen and oxygen atoms in total. The molecule has 162 valence electrons. The predicted octanol–water partition coefficient (Wildman–Crippen LogP) is 4.55. The van der Waals surface area contributed by atoms with Crippen LogP contribution in [0, 0.1) is 5.82 Å². The van der Waals surface area contributed by atoms with Crippen LogP contribution in [-0.2, 0) is 10.0 Å². The van der Waals surface area contributed by atoms with Crippen molar-refractivity contribution in [1.29, 1.82) is 0 Å². The first-order valence-electron chi connectivity index (χ1n) is 8.85. The molecule has 0 saturated carbocycles. The molecule has 0 atom stereocenters. The van der Waals surface area contributed by atoms with Gasteiger partial charge in [0, 0.05) is 6.07 Å². The van der Waals surface area contributed by atoms with Gasteiger partial charge in [0.05, 0.1) is 41.1 Å².